The van der Waals surface area contributed by atoms with E-state index in [1.165, 1.54) is 0 Å². The summed E-state index contributed by atoms with van der Waals surface area (Å²) in [5.74, 6) is -1.25. The molecule has 0 bridgehead atoms. The van der Waals surface area contributed by atoms with Gasteiger partial charge in [-0.05, 0) is 35.0 Å². The normalized spacial score (nSPS) is 19.3. The molecule has 1 fully saturated rings. The summed E-state index contributed by atoms with van der Waals surface area (Å²) in [6.45, 7) is 0. The number of carbonyl (C=O) groups is 2. The number of benzene rings is 2. The highest BCUT2D eigenvalue weighted by atomic mass is 16.3. The molecular weight excluding hydrogens is 330 g/mol. The number of rotatable bonds is 2. The average molecular weight is 345 g/mol. The minimum Gasteiger partial charge on any atom is -0.381 e. The quantitative estimate of drug-likeness (QED) is 0.418. The van der Waals surface area contributed by atoms with Gasteiger partial charge in [-0.3, -0.25) is 14.9 Å². The number of aromatic amines is 2. The monoisotopic (exact) mass is 345 g/mol. The van der Waals surface area contributed by atoms with Crippen molar-refractivity contribution in [3.8, 4) is 0 Å². The standard InChI is InChI=1S/C20H15N3O3/c24-17-18(25)23-19(26)20(17,15-9-11-5-1-3-7-13(11)21-15)16-10-12-6-2-4-8-14(12)22-16/h1-10,17,21-22,24H,(H,23,25,26). The molecule has 6 nitrogen and oxygen atoms in total. The number of para-hydroxylation sites is 2. The lowest BCUT2D eigenvalue weighted by Crippen LogP contribution is -2.44. The summed E-state index contributed by atoms with van der Waals surface area (Å²) in [6.07, 6.45) is -1.53. The molecule has 1 aliphatic heterocycles. The van der Waals surface area contributed by atoms with Gasteiger partial charge in [0.05, 0.1) is 0 Å². The van der Waals surface area contributed by atoms with E-state index in [9.17, 15) is 14.7 Å². The molecule has 3 heterocycles. The molecule has 4 aromatic rings. The molecule has 0 spiro atoms. The summed E-state index contributed by atoms with van der Waals surface area (Å²) in [6, 6.07) is 18.8. The van der Waals surface area contributed by atoms with Crippen LogP contribution in [-0.2, 0) is 15.0 Å². The Balaban J connectivity index is 1.84. The lowest BCUT2D eigenvalue weighted by atomic mass is 9.77. The minimum atomic E-state index is -1.55. The molecule has 2 aromatic heterocycles. The first-order valence-corrected chi connectivity index (χ1v) is 8.30. The Labute approximate surface area is 147 Å². The number of aliphatic hydroxyl groups is 1. The Morgan fingerprint density at radius 1 is 0.808 bits per heavy atom. The zero-order chi connectivity index (χ0) is 17.9. The second kappa shape index (κ2) is 5.06. The first kappa shape index (κ1) is 14.9. The molecule has 2 amide bonds. The van der Waals surface area contributed by atoms with Gasteiger partial charge in [0.1, 0.15) is 0 Å². The molecule has 1 unspecified atom stereocenters. The Bertz CT molecular complexity index is 1050. The van der Waals surface area contributed by atoms with Crippen molar-refractivity contribution >= 4 is 33.6 Å². The lowest BCUT2D eigenvalue weighted by molar-refractivity contribution is -0.127. The highest BCUT2D eigenvalue weighted by molar-refractivity contribution is 6.14. The molecule has 0 aliphatic carbocycles. The molecule has 128 valence electrons. The van der Waals surface area contributed by atoms with Crippen LogP contribution in [-0.4, -0.2) is 33.0 Å². The molecule has 4 N–H and O–H groups in total. The van der Waals surface area contributed by atoms with E-state index in [1.54, 1.807) is 0 Å². The number of hydrogen-bond acceptors (Lipinski definition) is 3. The van der Waals surface area contributed by atoms with Gasteiger partial charge in [-0.15, -0.1) is 0 Å². The Morgan fingerprint density at radius 3 is 1.73 bits per heavy atom. The van der Waals surface area contributed by atoms with Crippen LogP contribution in [0.1, 0.15) is 11.4 Å². The number of H-pyrrole nitrogens is 2. The van der Waals surface area contributed by atoms with Crippen molar-refractivity contribution < 1.29 is 14.7 Å². The van der Waals surface area contributed by atoms with Crippen LogP contribution in [0, 0.1) is 0 Å². The third-order valence-electron chi connectivity index (χ3n) is 5.16. The fraction of sp³-hybridized carbons (Fsp3) is 0.100. The fourth-order valence-electron chi connectivity index (χ4n) is 3.86. The van der Waals surface area contributed by atoms with Crippen LogP contribution in [0.3, 0.4) is 0 Å². The van der Waals surface area contributed by atoms with Crippen molar-refractivity contribution in [3.63, 3.8) is 0 Å². The molecule has 5 rings (SSSR count). The molecule has 6 heteroatoms. The highest BCUT2D eigenvalue weighted by Gasteiger charge is 2.59. The summed E-state index contributed by atoms with van der Waals surface area (Å²) in [5.41, 5.74) is 1.06. The van der Waals surface area contributed by atoms with Gasteiger partial charge in [-0.2, -0.15) is 0 Å². The van der Waals surface area contributed by atoms with Crippen molar-refractivity contribution in [1.29, 1.82) is 0 Å². The van der Waals surface area contributed by atoms with Crippen LogP contribution in [0.4, 0.5) is 0 Å². The molecule has 26 heavy (non-hydrogen) atoms. The number of nitrogens with one attached hydrogen (secondary N) is 3. The van der Waals surface area contributed by atoms with Crippen molar-refractivity contribution in [1.82, 2.24) is 15.3 Å². The smallest absolute Gasteiger partial charge is 0.257 e. The summed E-state index contributed by atoms with van der Waals surface area (Å²) < 4.78 is 0. The van der Waals surface area contributed by atoms with Crippen LogP contribution < -0.4 is 5.32 Å². The predicted octanol–water partition coefficient (Wildman–Crippen LogP) is 1.95. The Kier molecular flexibility index (Phi) is 2.90. The molecular formula is C20H15N3O3. The van der Waals surface area contributed by atoms with Gasteiger partial charge in [-0.25, -0.2) is 0 Å². The van der Waals surface area contributed by atoms with Gasteiger partial charge in [0, 0.05) is 22.4 Å². The average Bonchev–Trinajstić information content (AvgIpc) is 3.30. The summed E-state index contributed by atoms with van der Waals surface area (Å²) in [5, 5.41) is 14.8. The first-order valence-electron chi connectivity index (χ1n) is 8.30. The van der Waals surface area contributed by atoms with Crippen molar-refractivity contribution in [2.45, 2.75) is 11.5 Å². The Morgan fingerprint density at radius 2 is 1.31 bits per heavy atom. The second-order valence-corrected chi connectivity index (χ2v) is 6.57. The van der Waals surface area contributed by atoms with E-state index < -0.39 is 23.3 Å². The van der Waals surface area contributed by atoms with Gasteiger partial charge in [0.15, 0.2) is 11.5 Å². The van der Waals surface area contributed by atoms with Crippen LogP contribution in [0.2, 0.25) is 0 Å². The summed E-state index contributed by atoms with van der Waals surface area (Å²) in [7, 11) is 0. The van der Waals surface area contributed by atoms with E-state index in [4.69, 9.17) is 0 Å². The number of aromatic nitrogens is 2. The van der Waals surface area contributed by atoms with Gasteiger partial charge in [0.2, 0.25) is 5.91 Å². The highest BCUT2D eigenvalue weighted by Crippen LogP contribution is 2.40. The van der Waals surface area contributed by atoms with E-state index >= 15 is 0 Å². The number of amides is 2. The molecule has 0 radical (unpaired) electrons. The number of hydrogen-bond donors (Lipinski definition) is 4. The number of carbonyl (C=O) groups excluding carboxylic acids is 2. The van der Waals surface area contributed by atoms with E-state index in [0.29, 0.717) is 11.4 Å². The zero-order valence-electron chi connectivity index (χ0n) is 13.6. The van der Waals surface area contributed by atoms with Gasteiger partial charge in [-0.1, -0.05) is 36.4 Å². The zero-order valence-corrected chi connectivity index (χ0v) is 13.6. The third-order valence-corrected chi connectivity index (χ3v) is 5.16. The van der Waals surface area contributed by atoms with Crippen molar-refractivity contribution in [3.05, 3.63) is 72.1 Å². The third kappa shape index (κ3) is 1.79. The second-order valence-electron chi connectivity index (χ2n) is 6.57. The van der Waals surface area contributed by atoms with Crippen LogP contribution in [0.15, 0.2) is 60.7 Å². The first-order chi connectivity index (χ1) is 12.6. The topological polar surface area (TPSA) is 98.0 Å². The Hall–Kier alpha value is -3.38. The number of aliphatic hydroxyl groups excluding tert-OH is 1. The maximum absolute atomic E-state index is 12.9. The van der Waals surface area contributed by atoms with Crippen molar-refractivity contribution in [2.24, 2.45) is 0 Å². The summed E-state index contributed by atoms with van der Waals surface area (Å²) >= 11 is 0. The molecule has 1 saturated heterocycles. The lowest BCUT2D eigenvalue weighted by Gasteiger charge is -2.26. The van der Waals surface area contributed by atoms with E-state index in [0.717, 1.165) is 21.8 Å². The fourth-order valence-corrected chi connectivity index (χ4v) is 3.86. The van der Waals surface area contributed by atoms with E-state index in [2.05, 4.69) is 15.3 Å². The van der Waals surface area contributed by atoms with E-state index in [1.807, 2.05) is 60.7 Å². The van der Waals surface area contributed by atoms with E-state index in [-0.39, 0.29) is 0 Å². The van der Waals surface area contributed by atoms with Gasteiger partial charge >= 0.3 is 0 Å². The van der Waals surface area contributed by atoms with Crippen LogP contribution >= 0.6 is 0 Å². The molecule has 2 aromatic carbocycles. The maximum Gasteiger partial charge on any atom is 0.257 e. The largest absolute Gasteiger partial charge is 0.381 e. The van der Waals surface area contributed by atoms with Crippen LogP contribution in [0.5, 0.6) is 0 Å². The minimum absolute atomic E-state index is 0.473. The molecule has 1 aliphatic rings. The van der Waals surface area contributed by atoms with Crippen LogP contribution in [0.25, 0.3) is 21.8 Å². The SMILES string of the molecule is O=C1NC(=O)C(c2cc3ccccc3[nH]2)(c2cc3ccccc3[nH]2)C1O. The van der Waals surface area contributed by atoms with Gasteiger partial charge in [0.25, 0.3) is 5.91 Å². The number of fused-ring (bicyclic) bond motifs is 2. The maximum atomic E-state index is 12.9. The van der Waals surface area contributed by atoms with Crippen molar-refractivity contribution in [2.75, 3.05) is 0 Å². The van der Waals surface area contributed by atoms with Gasteiger partial charge < -0.3 is 15.1 Å². The number of imide groups is 1. The molecule has 0 saturated carbocycles. The predicted molar refractivity (Wildman–Crippen MR) is 96.5 cm³/mol. The molecule has 1 atom stereocenters. The summed E-state index contributed by atoms with van der Waals surface area (Å²) in [4.78, 5) is 31.5.